The summed E-state index contributed by atoms with van der Waals surface area (Å²) in [6.45, 7) is 0. The number of hydrogen-bond donors (Lipinski definition) is 2. The summed E-state index contributed by atoms with van der Waals surface area (Å²) in [5, 5.41) is 12.9. The lowest BCUT2D eigenvalue weighted by molar-refractivity contribution is -0.142. The number of carbonyl (C=O) groups is 2. The van der Waals surface area contributed by atoms with Gasteiger partial charge >= 0.3 is 5.97 Å². The number of rotatable bonds is 9. The van der Waals surface area contributed by atoms with E-state index >= 15 is 0 Å². The lowest BCUT2D eigenvalue weighted by Crippen LogP contribution is -2.52. The molecule has 35 heavy (non-hydrogen) atoms. The highest BCUT2D eigenvalue weighted by Crippen LogP contribution is 2.39. The number of ether oxygens (including phenoxy) is 1. The second kappa shape index (κ2) is 10.7. The first-order valence-electron chi connectivity index (χ1n) is 11.4. The van der Waals surface area contributed by atoms with E-state index in [9.17, 15) is 14.7 Å². The molecule has 4 aromatic rings. The average molecular weight is 466 g/mol. The van der Waals surface area contributed by atoms with Gasteiger partial charge in [0, 0.05) is 6.42 Å². The van der Waals surface area contributed by atoms with E-state index in [1.54, 1.807) is 25.3 Å². The monoisotopic (exact) mass is 465 g/mol. The highest BCUT2D eigenvalue weighted by atomic mass is 16.5. The molecule has 0 aliphatic rings. The minimum absolute atomic E-state index is 0.118. The number of nitrogens with one attached hydrogen (secondary N) is 1. The number of aliphatic carboxylic acids is 1. The molecular weight excluding hydrogens is 438 g/mol. The predicted molar refractivity (Wildman–Crippen MR) is 135 cm³/mol. The number of carboxylic acids is 1. The van der Waals surface area contributed by atoms with E-state index in [2.05, 4.69) is 5.32 Å². The first kappa shape index (κ1) is 23.8. The second-order valence-electron chi connectivity index (χ2n) is 8.27. The van der Waals surface area contributed by atoms with Crippen LogP contribution in [0.5, 0.6) is 5.75 Å². The second-order valence-corrected chi connectivity index (χ2v) is 8.27. The molecule has 4 rings (SSSR count). The Bertz CT molecular complexity index is 1180. The fraction of sp³-hybridized carbons (Fsp3) is 0.133. The summed E-state index contributed by atoms with van der Waals surface area (Å²) in [4.78, 5) is 26.6. The minimum atomic E-state index is -1.24. The van der Waals surface area contributed by atoms with Gasteiger partial charge in [-0.3, -0.25) is 4.79 Å². The Morgan fingerprint density at radius 1 is 0.771 bits per heavy atom. The van der Waals surface area contributed by atoms with Gasteiger partial charge in [0.05, 0.1) is 7.11 Å². The molecule has 0 radical (unpaired) electrons. The molecule has 0 bridgehead atoms. The first-order valence-corrected chi connectivity index (χ1v) is 11.4. The van der Waals surface area contributed by atoms with Gasteiger partial charge in [-0.2, -0.15) is 0 Å². The summed E-state index contributed by atoms with van der Waals surface area (Å²) < 4.78 is 5.27. The molecule has 1 amide bonds. The summed E-state index contributed by atoms with van der Waals surface area (Å²) in [5.74, 6) is -0.884. The summed E-state index contributed by atoms with van der Waals surface area (Å²) in [6.07, 6.45) is 0.118. The molecule has 0 unspecified atom stereocenters. The van der Waals surface area contributed by atoms with E-state index in [4.69, 9.17) is 4.74 Å². The third-order valence-corrected chi connectivity index (χ3v) is 6.14. The van der Waals surface area contributed by atoms with Crippen LogP contribution in [0.4, 0.5) is 0 Å². The van der Waals surface area contributed by atoms with E-state index in [1.165, 1.54) is 0 Å². The molecule has 0 aromatic heterocycles. The molecule has 0 aliphatic heterocycles. The van der Waals surface area contributed by atoms with E-state index in [-0.39, 0.29) is 6.42 Å². The predicted octanol–water partition coefficient (Wildman–Crippen LogP) is 4.84. The number of carboxylic acid groups (broad SMARTS) is 1. The smallest absolute Gasteiger partial charge is 0.326 e. The summed E-state index contributed by atoms with van der Waals surface area (Å²) in [5.41, 5.74) is 1.76. The van der Waals surface area contributed by atoms with Gasteiger partial charge in [-0.25, -0.2) is 4.79 Å². The molecule has 0 fully saturated rings. The lowest BCUT2D eigenvalue weighted by atomic mass is 9.68. The van der Waals surface area contributed by atoms with Gasteiger partial charge < -0.3 is 15.2 Å². The highest BCUT2D eigenvalue weighted by molar-refractivity contribution is 5.98. The summed E-state index contributed by atoms with van der Waals surface area (Å²) in [7, 11) is 1.56. The van der Waals surface area contributed by atoms with E-state index < -0.39 is 23.3 Å². The number of carbonyl (C=O) groups excluding carboxylic acids is 1. The standard InChI is InChI=1S/C30H27NO4/c1-35-26-19-11-12-22(20-26)21-27(28(32)33)31-29(34)30(23-13-5-2-6-14-23,24-15-7-3-8-16-24)25-17-9-4-10-18-25/h2-20,27H,21H2,1H3,(H,31,34)(H,32,33)/t27-/m1/s1. The molecule has 5 heteroatoms. The van der Waals surface area contributed by atoms with Gasteiger partial charge in [0.2, 0.25) is 5.91 Å². The quantitative estimate of drug-likeness (QED) is 0.347. The van der Waals surface area contributed by atoms with Crippen molar-refractivity contribution >= 4 is 11.9 Å². The van der Waals surface area contributed by atoms with Crippen molar-refractivity contribution in [3.05, 3.63) is 138 Å². The van der Waals surface area contributed by atoms with Crippen LogP contribution in [0.15, 0.2) is 115 Å². The van der Waals surface area contributed by atoms with Crippen LogP contribution in [0, 0.1) is 0 Å². The zero-order valence-corrected chi connectivity index (χ0v) is 19.4. The maximum absolute atomic E-state index is 14.3. The Morgan fingerprint density at radius 2 is 1.26 bits per heavy atom. The van der Waals surface area contributed by atoms with Crippen LogP contribution in [0.3, 0.4) is 0 Å². The van der Waals surface area contributed by atoms with Crippen LogP contribution in [0.1, 0.15) is 22.3 Å². The van der Waals surface area contributed by atoms with Gasteiger partial charge in [0.25, 0.3) is 0 Å². The van der Waals surface area contributed by atoms with Gasteiger partial charge in [-0.1, -0.05) is 103 Å². The zero-order valence-electron chi connectivity index (χ0n) is 19.4. The zero-order chi connectivity index (χ0) is 24.7. The normalized spacial score (nSPS) is 11.9. The molecule has 1 atom stereocenters. The van der Waals surface area contributed by atoms with E-state index in [0.29, 0.717) is 5.75 Å². The van der Waals surface area contributed by atoms with Gasteiger partial charge in [0.1, 0.15) is 17.2 Å². The maximum atomic E-state index is 14.3. The average Bonchev–Trinajstić information content (AvgIpc) is 2.91. The molecule has 5 nitrogen and oxygen atoms in total. The van der Waals surface area contributed by atoms with Gasteiger partial charge in [-0.05, 0) is 34.4 Å². The topological polar surface area (TPSA) is 75.6 Å². The molecule has 0 saturated heterocycles. The third kappa shape index (κ3) is 4.94. The third-order valence-electron chi connectivity index (χ3n) is 6.14. The van der Waals surface area contributed by atoms with Crippen molar-refractivity contribution < 1.29 is 19.4 Å². The molecule has 0 heterocycles. The Kier molecular flexibility index (Phi) is 7.27. The van der Waals surface area contributed by atoms with Crippen molar-refractivity contribution in [2.24, 2.45) is 0 Å². The summed E-state index contributed by atoms with van der Waals surface area (Å²) in [6, 6.07) is 34.4. The van der Waals surface area contributed by atoms with Crippen LogP contribution in [-0.4, -0.2) is 30.1 Å². The van der Waals surface area contributed by atoms with Crippen molar-refractivity contribution in [1.82, 2.24) is 5.32 Å². The van der Waals surface area contributed by atoms with Crippen LogP contribution in [0.2, 0.25) is 0 Å². The number of hydrogen-bond acceptors (Lipinski definition) is 3. The largest absolute Gasteiger partial charge is 0.497 e. The van der Waals surface area contributed by atoms with Crippen molar-refractivity contribution in [3.8, 4) is 5.75 Å². The Balaban J connectivity index is 1.82. The number of amides is 1. The van der Waals surface area contributed by atoms with Crippen LogP contribution in [0.25, 0.3) is 0 Å². The first-order chi connectivity index (χ1) is 17.1. The van der Waals surface area contributed by atoms with Gasteiger partial charge in [0.15, 0.2) is 0 Å². The van der Waals surface area contributed by atoms with Crippen molar-refractivity contribution in [2.45, 2.75) is 17.9 Å². The number of benzene rings is 4. The molecule has 4 aromatic carbocycles. The van der Waals surface area contributed by atoms with Crippen molar-refractivity contribution in [3.63, 3.8) is 0 Å². The SMILES string of the molecule is COc1cccc(C[C@@H](NC(=O)C(c2ccccc2)(c2ccccc2)c2ccccc2)C(=O)O)c1. The van der Waals surface area contributed by atoms with E-state index in [1.807, 2.05) is 97.1 Å². The van der Waals surface area contributed by atoms with Gasteiger partial charge in [-0.15, -0.1) is 0 Å². The van der Waals surface area contributed by atoms with Crippen LogP contribution in [-0.2, 0) is 21.4 Å². The lowest BCUT2D eigenvalue weighted by Gasteiger charge is -2.35. The van der Waals surface area contributed by atoms with Crippen LogP contribution >= 0.6 is 0 Å². The Labute approximate surface area is 205 Å². The fourth-order valence-electron chi connectivity index (χ4n) is 4.46. The molecule has 2 N–H and O–H groups in total. The molecule has 0 spiro atoms. The maximum Gasteiger partial charge on any atom is 0.326 e. The Hall–Kier alpha value is -4.38. The molecule has 0 aliphatic carbocycles. The van der Waals surface area contributed by atoms with Crippen molar-refractivity contribution in [2.75, 3.05) is 7.11 Å². The van der Waals surface area contributed by atoms with Crippen LogP contribution < -0.4 is 10.1 Å². The number of methoxy groups -OCH3 is 1. The fourth-order valence-corrected chi connectivity index (χ4v) is 4.46. The molecule has 176 valence electrons. The molecule has 0 saturated carbocycles. The van der Waals surface area contributed by atoms with Crippen molar-refractivity contribution in [1.29, 1.82) is 0 Å². The van der Waals surface area contributed by atoms with E-state index in [0.717, 1.165) is 22.3 Å². The minimum Gasteiger partial charge on any atom is -0.497 e. The highest BCUT2D eigenvalue weighted by Gasteiger charge is 2.45. The molecular formula is C30H27NO4. The Morgan fingerprint density at radius 3 is 1.69 bits per heavy atom. The summed E-state index contributed by atoms with van der Waals surface area (Å²) >= 11 is 0.